The van der Waals surface area contributed by atoms with E-state index in [1.165, 1.54) is 6.21 Å². The average Bonchev–Trinajstić information content (AvgIpc) is 1.89. The molecule has 0 atom stereocenters. The quantitative estimate of drug-likeness (QED) is 0.282. The third-order valence-electron chi connectivity index (χ3n) is 0.750. The fourth-order valence-electron chi connectivity index (χ4n) is 0.255. The minimum absolute atomic E-state index is 0.403. The number of nitrogens with one attached hydrogen (secondary N) is 2. The SMILES string of the molecule is CCC(=N)N/N=C/CN. The zero-order valence-electron chi connectivity index (χ0n) is 5.52. The molecule has 0 aromatic heterocycles. The molecule has 0 aromatic carbocycles. The molecule has 9 heavy (non-hydrogen) atoms. The van der Waals surface area contributed by atoms with E-state index in [0.29, 0.717) is 18.8 Å². The molecule has 0 aliphatic heterocycles. The summed E-state index contributed by atoms with van der Waals surface area (Å²) >= 11 is 0. The van der Waals surface area contributed by atoms with Gasteiger partial charge in [-0.1, -0.05) is 6.92 Å². The van der Waals surface area contributed by atoms with Gasteiger partial charge in [0.15, 0.2) is 0 Å². The lowest BCUT2D eigenvalue weighted by atomic mass is 10.5. The maximum absolute atomic E-state index is 7.05. The van der Waals surface area contributed by atoms with Gasteiger partial charge in [-0.05, 0) is 0 Å². The smallest absolute Gasteiger partial charge is 0.113 e. The van der Waals surface area contributed by atoms with Crippen molar-refractivity contribution in [2.24, 2.45) is 10.8 Å². The number of rotatable bonds is 3. The molecule has 0 aromatic rings. The number of nitrogens with zero attached hydrogens (tertiary/aromatic N) is 1. The Morgan fingerprint density at radius 2 is 2.56 bits per heavy atom. The molecule has 0 fully saturated rings. The molecular formula is C5H12N4. The van der Waals surface area contributed by atoms with Gasteiger partial charge in [0.1, 0.15) is 5.84 Å². The second-order valence-corrected chi connectivity index (χ2v) is 1.49. The Labute approximate surface area is 54.6 Å². The first kappa shape index (κ1) is 8.10. The van der Waals surface area contributed by atoms with Crippen LogP contribution < -0.4 is 11.2 Å². The molecule has 0 aliphatic carbocycles. The summed E-state index contributed by atoms with van der Waals surface area (Å²) in [6, 6.07) is 0. The van der Waals surface area contributed by atoms with Gasteiger partial charge < -0.3 is 5.73 Å². The Hall–Kier alpha value is -0.900. The normalized spacial score (nSPS) is 10.0. The minimum Gasteiger partial charge on any atom is -0.326 e. The molecule has 0 spiro atoms. The van der Waals surface area contributed by atoms with Crippen LogP contribution in [0.2, 0.25) is 0 Å². The minimum atomic E-state index is 0.403. The van der Waals surface area contributed by atoms with E-state index in [1.54, 1.807) is 0 Å². The zero-order chi connectivity index (χ0) is 7.11. The number of hydrazone groups is 1. The molecule has 0 radical (unpaired) electrons. The Morgan fingerprint density at radius 3 is 3.00 bits per heavy atom. The van der Waals surface area contributed by atoms with Crippen molar-refractivity contribution in [2.75, 3.05) is 6.54 Å². The molecule has 52 valence electrons. The van der Waals surface area contributed by atoms with Gasteiger partial charge in [0, 0.05) is 19.2 Å². The Bertz CT molecular complexity index is 108. The number of nitrogens with two attached hydrogens (primary N) is 1. The molecule has 0 rings (SSSR count). The van der Waals surface area contributed by atoms with Crippen LogP contribution in [0.5, 0.6) is 0 Å². The summed E-state index contributed by atoms with van der Waals surface area (Å²) in [6.07, 6.45) is 2.19. The third kappa shape index (κ3) is 4.96. The number of hydrogen-bond donors (Lipinski definition) is 3. The fourth-order valence-corrected chi connectivity index (χ4v) is 0.255. The van der Waals surface area contributed by atoms with Crippen LogP contribution in [0.4, 0.5) is 0 Å². The summed E-state index contributed by atoms with van der Waals surface area (Å²) in [7, 11) is 0. The van der Waals surface area contributed by atoms with Crippen LogP contribution in [0.3, 0.4) is 0 Å². The molecule has 0 bridgehead atoms. The van der Waals surface area contributed by atoms with Crippen molar-refractivity contribution in [1.29, 1.82) is 5.41 Å². The standard InChI is InChI=1S/C5H12N4/c1-2-5(7)9-8-4-3-6/h4H,2-3,6H2,1H3,(H2,7,9)/b8-4+. The van der Waals surface area contributed by atoms with E-state index in [9.17, 15) is 0 Å². The summed E-state index contributed by atoms with van der Waals surface area (Å²) in [5.74, 6) is 0.403. The van der Waals surface area contributed by atoms with Crippen LogP contribution >= 0.6 is 0 Å². The van der Waals surface area contributed by atoms with E-state index >= 15 is 0 Å². The van der Waals surface area contributed by atoms with Gasteiger partial charge >= 0.3 is 0 Å². The van der Waals surface area contributed by atoms with Gasteiger partial charge in [-0.25, -0.2) is 0 Å². The average molecular weight is 128 g/mol. The lowest BCUT2D eigenvalue weighted by Crippen LogP contribution is -2.16. The van der Waals surface area contributed by atoms with Crippen LogP contribution in [0.1, 0.15) is 13.3 Å². The topological polar surface area (TPSA) is 74.3 Å². The van der Waals surface area contributed by atoms with Crippen molar-refractivity contribution in [1.82, 2.24) is 5.43 Å². The zero-order valence-corrected chi connectivity index (χ0v) is 5.52. The molecule has 0 unspecified atom stereocenters. The lowest BCUT2D eigenvalue weighted by molar-refractivity contribution is 0.966. The molecule has 0 amide bonds. The first-order valence-electron chi connectivity index (χ1n) is 2.86. The van der Waals surface area contributed by atoms with Crippen molar-refractivity contribution in [3.05, 3.63) is 0 Å². The molecule has 0 aliphatic rings. The lowest BCUT2D eigenvalue weighted by Gasteiger charge is -1.95. The van der Waals surface area contributed by atoms with Crippen LogP contribution in [-0.4, -0.2) is 18.6 Å². The summed E-state index contributed by atoms with van der Waals surface area (Å²) in [5.41, 5.74) is 7.60. The van der Waals surface area contributed by atoms with Crippen molar-refractivity contribution >= 4 is 12.1 Å². The van der Waals surface area contributed by atoms with Crippen LogP contribution in [0.15, 0.2) is 5.10 Å². The molecule has 4 N–H and O–H groups in total. The van der Waals surface area contributed by atoms with Gasteiger partial charge in [0.05, 0.1) is 0 Å². The second kappa shape index (κ2) is 5.24. The predicted molar refractivity (Wildman–Crippen MR) is 38.7 cm³/mol. The van der Waals surface area contributed by atoms with Gasteiger partial charge in [-0.2, -0.15) is 5.10 Å². The second-order valence-electron chi connectivity index (χ2n) is 1.49. The van der Waals surface area contributed by atoms with Crippen molar-refractivity contribution in [3.8, 4) is 0 Å². The van der Waals surface area contributed by atoms with E-state index in [0.717, 1.165) is 0 Å². The summed E-state index contributed by atoms with van der Waals surface area (Å²) in [4.78, 5) is 0. The van der Waals surface area contributed by atoms with Crippen molar-refractivity contribution in [3.63, 3.8) is 0 Å². The number of amidine groups is 1. The first-order valence-corrected chi connectivity index (χ1v) is 2.86. The molecule has 0 saturated heterocycles. The Kier molecular flexibility index (Phi) is 4.72. The Morgan fingerprint density at radius 1 is 1.89 bits per heavy atom. The first-order chi connectivity index (χ1) is 4.31. The van der Waals surface area contributed by atoms with Gasteiger partial charge in [0.25, 0.3) is 0 Å². The Balaban J connectivity index is 3.26. The van der Waals surface area contributed by atoms with E-state index in [1.807, 2.05) is 6.92 Å². The van der Waals surface area contributed by atoms with E-state index < -0.39 is 0 Å². The van der Waals surface area contributed by atoms with Gasteiger partial charge in [-0.15, -0.1) is 0 Å². The van der Waals surface area contributed by atoms with Crippen molar-refractivity contribution in [2.45, 2.75) is 13.3 Å². The maximum atomic E-state index is 7.05. The molecule has 4 nitrogen and oxygen atoms in total. The fraction of sp³-hybridized carbons (Fsp3) is 0.600. The third-order valence-corrected chi connectivity index (χ3v) is 0.750. The molecule has 0 saturated carbocycles. The highest BCUT2D eigenvalue weighted by molar-refractivity contribution is 5.79. The van der Waals surface area contributed by atoms with E-state index in [4.69, 9.17) is 11.1 Å². The monoisotopic (exact) mass is 128 g/mol. The van der Waals surface area contributed by atoms with E-state index in [-0.39, 0.29) is 0 Å². The summed E-state index contributed by atoms with van der Waals surface area (Å²) < 4.78 is 0. The largest absolute Gasteiger partial charge is 0.326 e. The highest BCUT2D eigenvalue weighted by Gasteiger charge is 1.83. The predicted octanol–water partition coefficient (Wildman–Crippen LogP) is -0.0922. The highest BCUT2D eigenvalue weighted by atomic mass is 15.3. The van der Waals surface area contributed by atoms with E-state index in [2.05, 4.69) is 10.5 Å². The summed E-state index contributed by atoms with van der Waals surface area (Å²) in [6.45, 7) is 2.29. The van der Waals surface area contributed by atoms with Crippen LogP contribution in [0.25, 0.3) is 0 Å². The van der Waals surface area contributed by atoms with Crippen LogP contribution in [-0.2, 0) is 0 Å². The van der Waals surface area contributed by atoms with Gasteiger partial charge in [0.2, 0.25) is 0 Å². The van der Waals surface area contributed by atoms with Gasteiger partial charge in [-0.3, -0.25) is 10.8 Å². The van der Waals surface area contributed by atoms with Crippen molar-refractivity contribution < 1.29 is 0 Å². The highest BCUT2D eigenvalue weighted by Crippen LogP contribution is 1.73. The molecule has 0 heterocycles. The molecular weight excluding hydrogens is 116 g/mol. The summed E-state index contributed by atoms with van der Waals surface area (Å²) in [5, 5.41) is 10.7. The number of hydrogen-bond acceptors (Lipinski definition) is 3. The van der Waals surface area contributed by atoms with Crippen LogP contribution in [0, 0.1) is 5.41 Å². The molecule has 4 heteroatoms. The maximum Gasteiger partial charge on any atom is 0.113 e.